The van der Waals surface area contributed by atoms with Gasteiger partial charge in [-0.15, -0.1) is 0 Å². The molecule has 84 valence electrons. The minimum Gasteiger partial charge on any atom is -0.398 e. The molecule has 1 heterocycles. The van der Waals surface area contributed by atoms with Crippen LogP contribution in [0, 0.1) is 11.3 Å². The third-order valence-corrected chi connectivity index (χ3v) is 3.12. The van der Waals surface area contributed by atoms with Gasteiger partial charge in [0.05, 0.1) is 12.5 Å². The minimum atomic E-state index is 0.396. The Morgan fingerprint density at radius 1 is 1.25 bits per heavy atom. The van der Waals surface area contributed by atoms with E-state index < -0.39 is 0 Å². The summed E-state index contributed by atoms with van der Waals surface area (Å²) in [7, 11) is 0. The van der Waals surface area contributed by atoms with E-state index in [0.29, 0.717) is 6.42 Å². The van der Waals surface area contributed by atoms with Gasteiger partial charge in [0, 0.05) is 24.5 Å². The summed E-state index contributed by atoms with van der Waals surface area (Å²) in [5, 5.41) is 8.73. The summed E-state index contributed by atoms with van der Waals surface area (Å²) in [6.45, 7) is 2.24. The zero-order valence-electron chi connectivity index (χ0n) is 9.45. The van der Waals surface area contributed by atoms with Crippen molar-refractivity contribution in [3.63, 3.8) is 0 Å². The predicted octanol–water partition coefficient (Wildman–Crippen LogP) is 2.33. The zero-order chi connectivity index (χ0) is 11.4. The summed E-state index contributed by atoms with van der Waals surface area (Å²) in [6.07, 6.45) is 4.25. The highest BCUT2D eigenvalue weighted by Crippen LogP contribution is 2.24. The largest absolute Gasteiger partial charge is 0.398 e. The van der Waals surface area contributed by atoms with Crippen molar-refractivity contribution in [2.45, 2.75) is 25.7 Å². The number of anilines is 2. The third-order valence-electron chi connectivity index (χ3n) is 3.12. The Morgan fingerprint density at radius 3 is 2.69 bits per heavy atom. The first-order chi connectivity index (χ1) is 7.81. The smallest absolute Gasteiger partial charge is 0.0670 e. The molecule has 1 fully saturated rings. The van der Waals surface area contributed by atoms with Crippen molar-refractivity contribution >= 4 is 11.4 Å². The lowest BCUT2D eigenvalue weighted by Crippen LogP contribution is -2.29. The highest BCUT2D eigenvalue weighted by atomic mass is 15.1. The molecule has 0 aromatic heterocycles. The van der Waals surface area contributed by atoms with Crippen LogP contribution in [0.4, 0.5) is 11.4 Å². The van der Waals surface area contributed by atoms with Crippen molar-refractivity contribution in [3.8, 4) is 6.07 Å². The Bertz CT molecular complexity index is 400. The van der Waals surface area contributed by atoms with Crippen LogP contribution >= 0.6 is 0 Å². The Morgan fingerprint density at radius 2 is 2.00 bits per heavy atom. The summed E-state index contributed by atoms with van der Waals surface area (Å²) in [5.74, 6) is 0. The first-order valence-electron chi connectivity index (χ1n) is 5.81. The number of nitrogens with zero attached hydrogens (tertiary/aromatic N) is 2. The molecule has 0 aliphatic carbocycles. The molecule has 1 aromatic rings. The van der Waals surface area contributed by atoms with Crippen molar-refractivity contribution in [1.82, 2.24) is 0 Å². The van der Waals surface area contributed by atoms with Crippen molar-refractivity contribution in [3.05, 3.63) is 23.8 Å². The molecule has 2 N–H and O–H groups in total. The summed E-state index contributed by atoms with van der Waals surface area (Å²) < 4.78 is 0. The summed E-state index contributed by atoms with van der Waals surface area (Å²) in [5.41, 5.74) is 8.72. The minimum absolute atomic E-state index is 0.396. The normalized spacial score (nSPS) is 15.8. The van der Waals surface area contributed by atoms with Gasteiger partial charge in [-0.25, -0.2) is 0 Å². The molecule has 3 heteroatoms. The first kappa shape index (κ1) is 10.8. The molecule has 0 radical (unpaired) electrons. The van der Waals surface area contributed by atoms with E-state index in [1.165, 1.54) is 24.9 Å². The van der Waals surface area contributed by atoms with Gasteiger partial charge in [-0.3, -0.25) is 0 Å². The number of benzene rings is 1. The molecule has 0 saturated carbocycles. The molecule has 1 aliphatic rings. The molecule has 0 atom stereocenters. The van der Waals surface area contributed by atoms with Crippen molar-refractivity contribution in [1.29, 1.82) is 5.26 Å². The van der Waals surface area contributed by atoms with Gasteiger partial charge in [-0.2, -0.15) is 5.26 Å². The van der Waals surface area contributed by atoms with Gasteiger partial charge in [-0.05, 0) is 43.0 Å². The van der Waals surface area contributed by atoms with E-state index in [4.69, 9.17) is 11.0 Å². The molecule has 1 saturated heterocycles. The van der Waals surface area contributed by atoms with E-state index in [9.17, 15) is 0 Å². The fourth-order valence-electron chi connectivity index (χ4n) is 2.18. The van der Waals surface area contributed by atoms with Gasteiger partial charge in [-0.1, -0.05) is 0 Å². The van der Waals surface area contributed by atoms with Crippen LogP contribution in [0.3, 0.4) is 0 Å². The van der Waals surface area contributed by atoms with E-state index >= 15 is 0 Å². The van der Waals surface area contributed by atoms with Crippen LogP contribution in [0.2, 0.25) is 0 Å². The number of rotatable bonds is 2. The maximum Gasteiger partial charge on any atom is 0.0670 e. The lowest BCUT2D eigenvalue weighted by atomic mass is 10.1. The summed E-state index contributed by atoms with van der Waals surface area (Å²) in [4.78, 5) is 2.38. The van der Waals surface area contributed by atoms with Gasteiger partial charge in [0.15, 0.2) is 0 Å². The van der Waals surface area contributed by atoms with Gasteiger partial charge < -0.3 is 10.6 Å². The van der Waals surface area contributed by atoms with E-state index in [1.54, 1.807) is 0 Å². The van der Waals surface area contributed by atoms with Gasteiger partial charge >= 0.3 is 0 Å². The molecule has 0 spiro atoms. The fraction of sp³-hybridized carbons (Fsp3) is 0.462. The molecule has 1 aromatic carbocycles. The number of nitrogens with two attached hydrogens (primary N) is 1. The molecule has 0 amide bonds. The molecular weight excluding hydrogens is 198 g/mol. The van der Waals surface area contributed by atoms with Crippen LogP contribution in [0.5, 0.6) is 0 Å². The monoisotopic (exact) mass is 215 g/mol. The van der Waals surface area contributed by atoms with Crippen LogP contribution in [-0.2, 0) is 6.42 Å². The lowest BCUT2D eigenvalue weighted by Gasteiger charge is -2.29. The fourth-order valence-corrected chi connectivity index (χ4v) is 2.18. The molecule has 2 rings (SSSR count). The predicted molar refractivity (Wildman–Crippen MR) is 66.2 cm³/mol. The van der Waals surface area contributed by atoms with Gasteiger partial charge in [0.25, 0.3) is 0 Å². The van der Waals surface area contributed by atoms with Crippen molar-refractivity contribution < 1.29 is 0 Å². The topological polar surface area (TPSA) is 53.0 Å². The average molecular weight is 215 g/mol. The molecule has 0 bridgehead atoms. The van der Waals surface area contributed by atoms with Crippen LogP contribution in [0.15, 0.2) is 18.2 Å². The average Bonchev–Trinajstić information content (AvgIpc) is 2.33. The standard InChI is InChI=1S/C13H17N3/c14-7-6-11-10-12(4-5-13(11)15)16-8-2-1-3-9-16/h4-5,10H,1-3,6,8-9,15H2. The van der Waals surface area contributed by atoms with E-state index in [2.05, 4.69) is 23.1 Å². The number of hydrogen-bond acceptors (Lipinski definition) is 3. The first-order valence-corrected chi connectivity index (χ1v) is 5.81. The maximum absolute atomic E-state index is 8.73. The van der Waals surface area contributed by atoms with Crippen LogP contribution < -0.4 is 10.6 Å². The highest BCUT2D eigenvalue weighted by molar-refractivity contribution is 5.59. The van der Waals surface area contributed by atoms with E-state index in [-0.39, 0.29) is 0 Å². The second-order valence-electron chi connectivity index (χ2n) is 4.27. The van der Waals surface area contributed by atoms with Gasteiger partial charge in [0.2, 0.25) is 0 Å². The molecule has 3 nitrogen and oxygen atoms in total. The van der Waals surface area contributed by atoms with E-state index in [1.807, 2.05) is 6.07 Å². The number of nitriles is 1. The Balaban J connectivity index is 2.21. The molecule has 0 unspecified atom stereocenters. The van der Waals surface area contributed by atoms with Crippen LogP contribution in [0.25, 0.3) is 0 Å². The maximum atomic E-state index is 8.73. The zero-order valence-corrected chi connectivity index (χ0v) is 9.45. The van der Waals surface area contributed by atoms with Crippen LogP contribution in [0.1, 0.15) is 24.8 Å². The molecular formula is C13H17N3. The quantitative estimate of drug-likeness (QED) is 0.770. The Labute approximate surface area is 96.5 Å². The summed E-state index contributed by atoms with van der Waals surface area (Å²) in [6, 6.07) is 8.19. The third kappa shape index (κ3) is 2.27. The van der Waals surface area contributed by atoms with Crippen molar-refractivity contribution in [2.24, 2.45) is 0 Å². The second-order valence-corrected chi connectivity index (χ2v) is 4.27. The number of hydrogen-bond donors (Lipinski definition) is 1. The Kier molecular flexibility index (Phi) is 3.31. The second kappa shape index (κ2) is 4.89. The SMILES string of the molecule is N#CCc1cc(N2CCCCC2)ccc1N. The Hall–Kier alpha value is -1.69. The molecule has 1 aliphatic heterocycles. The number of piperidine rings is 1. The highest BCUT2D eigenvalue weighted by Gasteiger charge is 2.11. The van der Waals surface area contributed by atoms with E-state index in [0.717, 1.165) is 24.3 Å². The lowest BCUT2D eigenvalue weighted by molar-refractivity contribution is 0.578. The van der Waals surface area contributed by atoms with Gasteiger partial charge in [0.1, 0.15) is 0 Å². The van der Waals surface area contributed by atoms with Crippen molar-refractivity contribution in [2.75, 3.05) is 23.7 Å². The molecule has 16 heavy (non-hydrogen) atoms. The number of nitrogen functional groups attached to an aromatic ring is 1. The van der Waals surface area contributed by atoms with Crippen LogP contribution in [-0.4, -0.2) is 13.1 Å². The summed E-state index contributed by atoms with van der Waals surface area (Å²) >= 11 is 0.